The molecule has 0 N–H and O–H groups in total. The Bertz CT molecular complexity index is 843. The molecule has 0 atom stereocenters. The number of nitrogens with zero attached hydrogens (tertiary/aromatic N) is 2. The fourth-order valence-corrected chi connectivity index (χ4v) is 2.35. The molecule has 3 rings (SSSR count). The molecule has 0 bridgehead atoms. The maximum absolute atomic E-state index is 11.7. The Morgan fingerprint density at radius 1 is 1.21 bits per heavy atom. The van der Waals surface area contributed by atoms with Gasteiger partial charge in [0.25, 0.3) is 0 Å². The molecule has 0 spiro atoms. The molecule has 0 radical (unpaired) electrons. The zero-order chi connectivity index (χ0) is 16.9. The van der Waals surface area contributed by atoms with Gasteiger partial charge in [0.1, 0.15) is 12.1 Å². The monoisotopic (exact) mass is 324 g/mol. The zero-order valence-electron chi connectivity index (χ0n) is 13.1. The number of hydrogen-bond donors (Lipinski definition) is 0. The van der Waals surface area contributed by atoms with Crippen LogP contribution < -0.4 is 4.73 Å². The Morgan fingerprint density at radius 3 is 2.67 bits per heavy atom. The molecule has 2 heterocycles. The first kappa shape index (κ1) is 15.7. The first-order valence-electron chi connectivity index (χ1n) is 7.57. The summed E-state index contributed by atoms with van der Waals surface area (Å²) in [5.74, 6) is 0.363. The van der Waals surface area contributed by atoms with Crippen molar-refractivity contribution < 1.29 is 18.7 Å². The quantitative estimate of drug-likeness (QED) is 0.409. The predicted molar refractivity (Wildman–Crippen MR) is 86.7 cm³/mol. The van der Waals surface area contributed by atoms with Gasteiger partial charge in [-0.1, -0.05) is 30.3 Å². The average Bonchev–Trinajstić information content (AvgIpc) is 2.99. The van der Waals surface area contributed by atoms with E-state index in [2.05, 4.69) is 4.98 Å². The van der Waals surface area contributed by atoms with Gasteiger partial charge in [-0.05, 0) is 13.0 Å². The lowest BCUT2D eigenvalue weighted by Crippen LogP contribution is -2.24. The van der Waals surface area contributed by atoms with Gasteiger partial charge in [-0.25, -0.2) is 4.98 Å². The number of benzene rings is 1. The molecular weight excluding hydrogens is 308 g/mol. The number of ether oxygens (including phenoxy) is 1. The molecule has 0 aliphatic heterocycles. The summed E-state index contributed by atoms with van der Waals surface area (Å²) >= 11 is 0. The predicted octanol–water partition coefficient (Wildman–Crippen LogP) is 2.75. The van der Waals surface area contributed by atoms with Crippen molar-refractivity contribution in [3.8, 4) is 22.6 Å². The first-order chi connectivity index (χ1) is 11.7. The van der Waals surface area contributed by atoms with Crippen molar-refractivity contribution in [1.29, 1.82) is 0 Å². The lowest BCUT2D eigenvalue weighted by molar-refractivity contribution is -0.604. The van der Waals surface area contributed by atoms with E-state index >= 15 is 0 Å². The molecule has 2 aromatic heterocycles. The Morgan fingerprint density at radius 2 is 1.96 bits per heavy atom. The molecule has 3 aromatic rings. The van der Waals surface area contributed by atoms with Crippen LogP contribution in [0.2, 0.25) is 0 Å². The summed E-state index contributed by atoms with van der Waals surface area (Å²) < 4.78 is 11.4. The second kappa shape index (κ2) is 6.95. The Labute approximate surface area is 138 Å². The number of esters is 1. The molecule has 0 aliphatic carbocycles. The number of aromatic nitrogens is 2. The van der Waals surface area contributed by atoms with Gasteiger partial charge in [-0.15, -0.1) is 0 Å². The third-order valence-corrected chi connectivity index (χ3v) is 3.36. The molecule has 122 valence electrons. The van der Waals surface area contributed by atoms with E-state index in [-0.39, 0.29) is 12.3 Å². The van der Waals surface area contributed by atoms with E-state index in [0.717, 1.165) is 5.56 Å². The maximum Gasteiger partial charge on any atom is 0.315 e. The van der Waals surface area contributed by atoms with E-state index in [1.807, 2.05) is 30.3 Å². The van der Waals surface area contributed by atoms with Gasteiger partial charge in [0.2, 0.25) is 5.89 Å². The number of carbonyl (C=O) groups is 1. The molecule has 0 fully saturated rings. The van der Waals surface area contributed by atoms with Crippen LogP contribution in [0, 0.1) is 5.21 Å². The Balaban J connectivity index is 2.05. The number of pyridine rings is 1. The maximum atomic E-state index is 11.7. The van der Waals surface area contributed by atoms with Crippen molar-refractivity contribution in [2.24, 2.45) is 0 Å². The molecule has 0 unspecified atom stereocenters. The molecular formula is C18H16N2O4. The highest BCUT2D eigenvalue weighted by atomic mass is 16.5. The summed E-state index contributed by atoms with van der Waals surface area (Å²) in [4.78, 5) is 16.1. The summed E-state index contributed by atoms with van der Waals surface area (Å²) in [5.41, 5.74) is 1.95. The second-order valence-electron chi connectivity index (χ2n) is 5.09. The third kappa shape index (κ3) is 3.43. The zero-order valence-corrected chi connectivity index (χ0v) is 13.1. The van der Waals surface area contributed by atoms with Crippen molar-refractivity contribution >= 4 is 5.97 Å². The van der Waals surface area contributed by atoms with E-state index in [0.29, 0.717) is 28.4 Å². The van der Waals surface area contributed by atoms with Crippen molar-refractivity contribution in [1.82, 2.24) is 4.98 Å². The van der Waals surface area contributed by atoms with Crippen LogP contribution >= 0.6 is 0 Å². The fraction of sp³-hybridized carbons (Fsp3) is 0.167. The second-order valence-corrected chi connectivity index (χ2v) is 5.09. The van der Waals surface area contributed by atoms with Gasteiger partial charge >= 0.3 is 5.97 Å². The van der Waals surface area contributed by atoms with Gasteiger partial charge in [-0.2, -0.15) is 4.73 Å². The standard InChI is InChI=1S/C18H16N2O4/c1-2-23-16(21)11-15-19-17(14-9-6-10-20(22)12-14)18(24-15)13-7-4-3-5-8-13/h3-10,12H,2,11H2,1H3. The van der Waals surface area contributed by atoms with Crippen LogP contribution in [-0.4, -0.2) is 17.6 Å². The smallest absolute Gasteiger partial charge is 0.315 e. The highest BCUT2D eigenvalue weighted by Gasteiger charge is 2.20. The minimum absolute atomic E-state index is 0.0577. The van der Waals surface area contributed by atoms with E-state index in [1.54, 1.807) is 19.1 Å². The molecule has 0 aliphatic rings. The summed E-state index contributed by atoms with van der Waals surface area (Å²) in [6, 6.07) is 12.8. The van der Waals surface area contributed by atoms with Gasteiger partial charge in [0, 0.05) is 11.6 Å². The number of oxazole rings is 1. The number of hydrogen-bond acceptors (Lipinski definition) is 5. The van der Waals surface area contributed by atoms with E-state index in [4.69, 9.17) is 9.15 Å². The van der Waals surface area contributed by atoms with Gasteiger partial charge < -0.3 is 14.4 Å². The third-order valence-electron chi connectivity index (χ3n) is 3.36. The normalized spacial score (nSPS) is 10.5. The molecule has 1 aromatic carbocycles. The van der Waals surface area contributed by atoms with Crippen molar-refractivity contribution in [3.63, 3.8) is 0 Å². The molecule has 6 nitrogen and oxygen atoms in total. The number of carbonyl (C=O) groups excluding carboxylic acids is 1. The molecule has 6 heteroatoms. The summed E-state index contributed by atoms with van der Waals surface area (Å²) in [5, 5.41) is 11.6. The molecule has 24 heavy (non-hydrogen) atoms. The molecule has 0 saturated heterocycles. The highest BCUT2D eigenvalue weighted by molar-refractivity contribution is 5.77. The van der Waals surface area contributed by atoms with Crippen LogP contribution in [0.4, 0.5) is 0 Å². The van der Waals surface area contributed by atoms with Crippen molar-refractivity contribution in [2.45, 2.75) is 13.3 Å². The molecule has 0 amide bonds. The van der Waals surface area contributed by atoms with E-state index in [1.165, 1.54) is 12.4 Å². The van der Waals surface area contributed by atoms with Crippen LogP contribution in [0.5, 0.6) is 0 Å². The van der Waals surface area contributed by atoms with Gasteiger partial charge in [0.05, 0.1) is 12.2 Å². The van der Waals surface area contributed by atoms with Crippen LogP contribution in [0.1, 0.15) is 12.8 Å². The molecule has 0 saturated carbocycles. The SMILES string of the molecule is CCOC(=O)Cc1nc(-c2ccc[n+]([O-])c2)c(-c2ccccc2)o1. The highest BCUT2D eigenvalue weighted by Crippen LogP contribution is 2.32. The minimum Gasteiger partial charge on any atom is -0.619 e. The Hall–Kier alpha value is -3.15. The van der Waals surface area contributed by atoms with Crippen molar-refractivity contribution in [3.05, 3.63) is 66.0 Å². The lowest BCUT2D eigenvalue weighted by atomic mass is 10.1. The van der Waals surface area contributed by atoms with Gasteiger partial charge in [-0.3, -0.25) is 4.79 Å². The Kier molecular flexibility index (Phi) is 4.56. The average molecular weight is 324 g/mol. The minimum atomic E-state index is -0.406. The van der Waals surface area contributed by atoms with E-state index < -0.39 is 5.97 Å². The lowest BCUT2D eigenvalue weighted by Gasteiger charge is -2.01. The van der Waals surface area contributed by atoms with Crippen molar-refractivity contribution in [2.75, 3.05) is 6.61 Å². The fourth-order valence-electron chi connectivity index (χ4n) is 2.35. The topological polar surface area (TPSA) is 79.3 Å². The van der Waals surface area contributed by atoms with E-state index in [9.17, 15) is 10.0 Å². The van der Waals surface area contributed by atoms with Gasteiger partial charge in [0.15, 0.2) is 18.2 Å². The number of rotatable bonds is 5. The van der Waals surface area contributed by atoms with Crippen LogP contribution in [0.25, 0.3) is 22.6 Å². The van der Waals surface area contributed by atoms with Crippen LogP contribution in [0.15, 0.2) is 59.3 Å². The summed E-state index contributed by atoms with van der Waals surface area (Å²) in [7, 11) is 0. The summed E-state index contributed by atoms with van der Waals surface area (Å²) in [6.45, 7) is 2.04. The largest absolute Gasteiger partial charge is 0.619 e. The first-order valence-corrected chi connectivity index (χ1v) is 7.57. The van der Waals surface area contributed by atoms with Crippen LogP contribution in [0.3, 0.4) is 0 Å². The van der Waals surface area contributed by atoms with Crippen LogP contribution in [-0.2, 0) is 16.0 Å². The summed E-state index contributed by atoms with van der Waals surface area (Å²) in [6.07, 6.45) is 2.75.